The van der Waals surface area contributed by atoms with Crippen molar-refractivity contribution in [2.24, 2.45) is 0 Å². The molecule has 1 fully saturated rings. The van der Waals surface area contributed by atoms with Gasteiger partial charge in [-0.25, -0.2) is 4.39 Å². The number of nitrogens with zero attached hydrogens (tertiary/aromatic N) is 1. The van der Waals surface area contributed by atoms with Crippen LogP contribution in [0.2, 0.25) is 0 Å². The summed E-state index contributed by atoms with van der Waals surface area (Å²) in [5.74, 6) is 0.328. The average Bonchev–Trinajstić information content (AvgIpc) is 3.08. The van der Waals surface area contributed by atoms with Crippen LogP contribution in [-0.2, 0) is 17.9 Å². The summed E-state index contributed by atoms with van der Waals surface area (Å²) < 4.78 is 26.4. The van der Waals surface area contributed by atoms with Crippen LogP contribution in [0.15, 0.2) is 74.5 Å². The zero-order valence-electron chi connectivity index (χ0n) is 18.6. The van der Waals surface area contributed by atoms with Crippen molar-refractivity contribution in [1.82, 2.24) is 4.90 Å². The van der Waals surface area contributed by atoms with Crippen molar-refractivity contribution in [3.63, 3.8) is 0 Å². The molecule has 1 saturated heterocycles. The van der Waals surface area contributed by atoms with E-state index in [1.54, 1.807) is 30.3 Å². The quantitative estimate of drug-likeness (QED) is 0.243. The minimum absolute atomic E-state index is 0.188. The highest BCUT2D eigenvalue weighted by Crippen LogP contribution is 2.40. The first-order valence-corrected chi connectivity index (χ1v) is 13.1. The number of carbonyl (C=O) groups is 2. The highest BCUT2D eigenvalue weighted by atomic mass is 79.9. The fraction of sp³-hybridized carbons (Fsp3) is 0.154. The van der Waals surface area contributed by atoms with Gasteiger partial charge in [-0.15, -0.1) is 0 Å². The second-order valence-corrected chi connectivity index (χ2v) is 10.2. The SMILES string of the molecule is CCOc1cc(/C=C2\SC(=O)N(Cc3ccccc3Br)C2=O)cc(Br)c1OCc1ccc(F)cc1. The number of carbonyl (C=O) groups excluding carboxylic acids is 2. The standard InChI is InChI=1S/C26H20Br2FNO4S/c1-2-33-22-12-17(11-21(28)24(22)34-15-16-7-9-19(29)10-8-16)13-23-25(31)30(26(32)35-23)14-18-5-3-4-6-20(18)27/h3-13H,2,14-15H2,1H3/b23-13-. The zero-order valence-corrected chi connectivity index (χ0v) is 22.6. The number of imide groups is 1. The Bertz CT molecular complexity index is 1300. The predicted molar refractivity (Wildman–Crippen MR) is 142 cm³/mol. The lowest BCUT2D eigenvalue weighted by atomic mass is 10.1. The Hall–Kier alpha value is -2.62. The summed E-state index contributed by atoms with van der Waals surface area (Å²) in [7, 11) is 0. The molecule has 4 rings (SSSR count). The first-order chi connectivity index (χ1) is 16.9. The maximum absolute atomic E-state index is 13.2. The van der Waals surface area contributed by atoms with E-state index in [-0.39, 0.29) is 30.1 Å². The molecule has 3 aromatic rings. The van der Waals surface area contributed by atoms with Crippen LogP contribution in [0.4, 0.5) is 9.18 Å². The van der Waals surface area contributed by atoms with Crippen LogP contribution < -0.4 is 9.47 Å². The highest BCUT2D eigenvalue weighted by molar-refractivity contribution is 9.10. The van der Waals surface area contributed by atoms with E-state index < -0.39 is 0 Å². The molecule has 1 aliphatic rings. The van der Waals surface area contributed by atoms with Gasteiger partial charge in [0.15, 0.2) is 11.5 Å². The smallest absolute Gasteiger partial charge is 0.293 e. The van der Waals surface area contributed by atoms with Crippen molar-refractivity contribution in [2.75, 3.05) is 6.61 Å². The lowest BCUT2D eigenvalue weighted by molar-refractivity contribution is -0.123. The molecule has 0 bridgehead atoms. The van der Waals surface area contributed by atoms with E-state index in [4.69, 9.17) is 9.47 Å². The molecule has 0 saturated carbocycles. The molecule has 0 radical (unpaired) electrons. The van der Waals surface area contributed by atoms with Crippen LogP contribution in [0.1, 0.15) is 23.6 Å². The van der Waals surface area contributed by atoms with E-state index in [0.717, 1.165) is 27.4 Å². The van der Waals surface area contributed by atoms with E-state index in [1.807, 2.05) is 31.2 Å². The molecule has 0 N–H and O–H groups in total. The molecule has 35 heavy (non-hydrogen) atoms. The summed E-state index contributed by atoms with van der Waals surface area (Å²) in [6.45, 7) is 2.68. The van der Waals surface area contributed by atoms with Gasteiger partial charge in [-0.1, -0.05) is 46.3 Å². The van der Waals surface area contributed by atoms with Crippen molar-refractivity contribution in [3.8, 4) is 11.5 Å². The molecule has 2 amide bonds. The van der Waals surface area contributed by atoms with Gasteiger partial charge >= 0.3 is 0 Å². The minimum Gasteiger partial charge on any atom is -0.490 e. The molecule has 0 atom stereocenters. The third kappa shape index (κ3) is 6.15. The third-order valence-electron chi connectivity index (χ3n) is 5.09. The Morgan fingerprint density at radius 2 is 1.74 bits per heavy atom. The number of amides is 2. The Kier molecular flexibility index (Phi) is 8.30. The summed E-state index contributed by atoms with van der Waals surface area (Å²) >= 11 is 7.89. The average molecular weight is 621 g/mol. The van der Waals surface area contributed by atoms with Gasteiger partial charge in [0.25, 0.3) is 11.1 Å². The number of hydrogen-bond donors (Lipinski definition) is 0. The lowest BCUT2D eigenvalue weighted by Gasteiger charge is -2.15. The Labute approximate surface area is 223 Å². The number of halogens is 3. The van der Waals surface area contributed by atoms with E-state index >= 15 is 0 Å². The second-order valence-electron chi connectivity index (χ2n) is 7.54. The lowest BCUT2D eigenvalue weighted by Crippen LogP contribution is -2.27. The molecular weight excluding hydrogens is 601 g/mol. The van der Waals surface area contributed by atoms with Gasteiger partial charge in [-0.2, -0.15) is 0 Å². The van der Waals surface area contributed by atoms with Crippen LogP contribution in [0, 0.1) is 5.82 Å². The number of hydrogen-bond acceptors (Lipinski definition) is 5. The van der Waals surface area contributed by atoms with Crippen molar-refractivity contribution in [1.29, 1.82) is 0 Å². The molecule has 5 nitrogen and oxygen atoms in total. The van der Waals surface area contributed by atoms with Crippen LogP contribution in [0.25, 0.3) is 6.08 Å². The van der Waals surface area contributed by atoms with Crippen molar-refractivity contribution in [2.45, 2.75) is 20.1 Å². The molecule has 180 valence electrons. The number of rotatable bonds is 8. The Morgan fingerprint density at radius 1 is 1.00 bits per heavy atom. The molecule has 0 unspecified atom stereocenters. The Balaban J connectivity index is 1.55. The topological polar surface area (TPSA) is 55.8 Å². The molecule has 0 aromatic heterocycles. The van der Waals surface area contributed by atoms with Gasteiger partial charge in [0.05, 0.1) is 22.5 Å². The molecule has 1 aliphatic heterocycles. The fourth-order valence-electron chi connectivity index (χ4n) is 3.40. The van der Waals surface area contributed by atoms with Gasteiger partial charge in [-0.05, 0) is 87.7 Å². The van der Waals surface area contributed by atoms with Crippen molar-refractivity contribution in [3.05, 3.63) is 97.0 Å². The first-order valence-electron chi connectivity index (χ1n) is 10.7. The maximum Gasteiger partial charge on any atom is 0.293 e. The van der Waals surface area contributed by atoms with E-state index in [1.165, 1.54) is 17.0 Å². The summed E-state index contributed by atoms with van der Waals surface area (Å²) in [6.07, 6.45) is 1.67. The summed E-state index contributed by atoms with van der Waals surface area (Å²) in [6, 6.07) is 17.1. The van der Waals surface area contributed by atoms with Crippen LogP contribution in [0.3, 0.4) is 0 Å². The van der Waals surface area contributed by atoms with E-state index in [9.17, 15) is 14.0 Å². The van der Waals surface area contributed by atoms with Gasteiger partial charge in [0.1, 0.15) is 12.4 Å². The summed E-state index contributed by atoms with van der Waals surface area (Å²) in [5, 5.41) is -0.319. The van der Waals surface area contributed by atoms with E-state index in [0.29, 0.717) is 33.0 Å². The number of thioether (sulfide) groups is 1. The molecule has 0 spiro atoms. The predicted octanol–water partition coefficient (Wildman–Crippen LogP) is 7.56. The third-order valence-corrected chi connectivity index (χ3v) is 7.36. The molecule has 0 aliphatic carbocycles. The van der Waals surface area contributed by atoms with Gasteiger partial charge in [0, 0.05) is 4.47 Å². The summed E-state index contributed by atoms with van der Waals surface area (Å²) in [5.41, 5.74) is 2.34. The zero-order chi connectivity index (χ0) is 24.9. The van der Waals surface area contributed by atoms with Gasteiger partial charge in [-0.3, -0.25) is 14.5 Å². The largest absolute Gasteiger partial charge is 0.490 e. The second kappa shape index (κ2) is 11.4. The van der Waals surface area contributed by atoms with Crippen LogP contribution >= 0.6 is 43.6 Å². The number of benzene rings is 3. The monoisotopic (exact) mass is 619 g/mol. The normalized spacial score (nSPS) is 14.6. The molecule has 1 heterocycles. The molecular formula is C26H20Br2FNO4S. The van der Waals surface area contributed by atoms with Crippen LogP contribution in [-0.4, -0.2) is 22.7 Å². The molecule has 9 heteroatoms. The van der Waals surface area contributed by atoms with Crippen molar-refractivity contribution >= 4 is 60.8 Å². The van der Waals surface area contributed by atoms with Gasteiger partial charge < -0.3 is 9.47 Å². The van der Waals surface area contributed by atoms with Gasteiger partial charge in [0.2, 0.25) is 0 Å². The molecule has 3 aromatic carbocycles. The highest BCUT2D eigenvalue weighted by Gasteiger charge is 2.35. The Morgan fingerprint density at radius 3 is 2.46 bits per heavy atom. The van der Waals surface area contributed by atoms with E-state index in [2.05, 4.69) is 31.9 Å². The van der Waals surface area contributed by atoms with Crippen LogP contribution in [0.5, 0.6) is 11.5 Å². The first kappa shape index (κ1) is 25.5. The maximum atomic E-state index is 13.2. The fourth-order valence-corrected chi connectivity index (χ4v) is 5.22. The van der Waals surface area contributed by atoms with Crippen molar-refractivity contribution < 1.29 is 23.5 Å². The minimum atomic E-state index is -0.346. The summed E-state index contributed by atoms with van der Waals surface area (Å²) in [4.78, 5) is 27.1. The number of ether oxygens (including phenoxy) is 2.